The van der Waals surface area contributed by atoms with Crippen molar-refractivity contribution < 1.29 is 4.74 Å². The van der Waals surface area contributed by atoms with Crippen LogP contribution in [0.1, 0.15) is 11.6 Å². The largest absolute Gasteiger partial charge is 0.374 e. The average molecular weight is 239 g/mol. The lowest BCUT2D eigenvalue weighted by Crippen LogP contribution is -2.44. The van der Waals surface area contributed by atoms with Crippen molar-refractivity contribution in [2.75, 3.05) is 33.3 Å². The summed E-state index contributed by atoms with van der Waals surface area (Å²) in [5, 5.41) is 11.5. The van der Waals surface area contributed by atoms with Gasteiger partial charge in [0, 0.05) is 26.7 Å². The van der Waals surface area contributed by atoms with Crippen LogP contribution in [0, 0.1) is 6.92 Å². The third-order valence-electron chi connectivity index (χ3n) is 3.18. The van der Waals surface area contributed by atoms with Crippen molar-refractivity contribution in [2.24, 2.45) is 7.05 Å². The lowest BCUT2D eigenvalue weighted by Gasteiger charge is -2.30. The number of aryl methyl sites for hydroxylation is 1. The molecule has 1 aromatic rings. The smallest absolute Gasteiger partial charge is 0.146 e. The molecule has 0 amide bonds. The second-order valence-electron chi connectivity index (χ2n) is 4.61. The maximum Gasteiger partial charge on any atom is 0.146 e. The van der Waals surface area contributed by atoms with Gasteiger partial charge in [-0.2, -0.15) is 0 Å². The van der Waals surface area contributed by atoms with Gasteiger partial charge < -0.3 is 19.5 Å². The van der Waals surface area contributed by atoms with Crippen molar-refractivity contribution in [3.05, 3.63) is 11.6 Å². The molecule has 0 bridgehead atoms. The fourth-order valence-corrected chi connectivity index (χ4v) is 1.94. The predicted molar refractivity (Wildman–Crippen MR) is 64.7 cm³/mol. The Hall–Kier alpha value is -0.980. The van der Waals surface area contributed by atoms with E-state index in [0.717, 1.165) is 44.4 Å². The van der Waals surface area contributed by atoms with Crippen molar-refractivity contribution in [1.82, 2.24) is 25.0 Å². The molecule has 6 heteroatoms. The molecule has 0 saturated carbocycles. The van der Waals surface area contributed by atoms with Crippen molar-refractivity contribution in [3.63, 3.8) is 0 Å². The molecular formula is C11H21N5O. The van der Waals surface area contributed by atoms with Crippen LogP contribution in [0.3, 0.4) is 0 Å². The van der Waals surface area contributed by atoms with Crippen LogP contribution in [0.25, 0.3) is 0 Å². The molecule has 0 spiro atoms. The number of hydrogen-bond donors (Lipinski definition) is 1. The first kappa shape index (κ1) is 12.5. The number of nitrogens with one attached hydrogen (secondary N) is 1. The summed E-state index contributed by atoms with van der Waals surface area (Å²) in [4.78, 5) is 2.29. The van der Waals surface area contributed by atoms with E-state index in [1.54, 1.807) is 0 Å². The summed E-state index contributed by atoms with van der Waals surface area (Å²) in [5.41, 5.74) is 0. The summed E-state index contributed by atoms with van der Waals surface area (Å²) >= 11 is 0. The number of ether oxygens (including phenoxy) is 1. The van der Waals surface area contributed by atoms with E-state index in [0.29, 0.717) is 0 Å². The summed E-state index contributed by atoms with van der Waals surface area (Å²) in [5.74, 6) is 1.90. The molecule has 1 atom stereocenters. The highest BCUT2D eigenvalue weighted by Gasteiger charge is 2.17. The van der Waals surface area contributed by atoms with Crippen LogP contribution in [0.15, 0.2) is 0 Å². The van der Waals surface area contributed by atoms with E-state index in [1.165, 1.54) is 0 Å². The molecule has 1 aromatic heterocycles. The Morgan fingerprint density at radius 2 is 2.24 bits per heavy atom. The van der Waals surface area contributed by atoms with E-state index >= 15 is 0 Å². The van der Waals surface area contributed by atoms with E-state index in [4.69, 9.17) is 4.74 Å². The fourth-order valence-electron chi connectivity index (χ4n) is 1.94. The summed E-state index contributed by atoms with van der Waals surface area (Å²) < 4.78 is 7.68. The van der Waals surface area contributed by atoms with Crippen LogP contribution < -0.4 is 5.32 Å². The van der Waals surface area contributed by atoms with Gasteiger partial charge in [-0.1, -0.05) is 0 Å². The maximum atomic E-state index is 5.67. The van der Waals surface area contributed by atoms with Gasteiger partial charge in [-0.25, -0.2) is 0 Å². The minimum Gasteiger partial charge on any atom is -0.374 e. The summed E-state index contributed by atoms with van der Waals surface area (Å²) in [6, 6.07) is 0. The molecule has 1 N–H and O–H groups in total. The second kappa shape index (κ2) is 5.57. The van der Waals surface area contributed by atoms with E-state index in [2.05, 4.69) is 27.5 Å². The van der Waals surface area contributed by atoms with Crippen LogP contribution in [0.5, 0.6) is 0 Å². The lowest BCUT2D eigenvalue weighted by atomic mass is 10.3. The van der Waals surface area contributed by atoms with Crippen LogP contribution in [0.2, 0.25) is 0 Å². The Morgan fingerprint density at radius 3 is 2.88 bits per heavy atom. The molecule has 1 saturated heterocycles. The van der Waals surface area contributed by atoms with Gasteiger partial charge in [0.05, 0.1) is 19.3 Å². The number of hydrogen-bond acceptors (Lipinski definition) is 5. The molecule has 0 radical (unpaired) electrons. The van der Waals surface area contributed by atoms with Gasteiger partial charge in [0.1, 0.15) is 11.6 Å². The molecule has 17 heavy (non-hydrogen) atoms. The molecule has 6 nitrogen and oxygen atoms in total. The Kier molecular flexibility index (Phi) is 4.09. The molecule has 0 aromatic carbocycles. The molecule has 1 aliphatic rings. The van der Waals surface area contributed by atoms with Crippen LogP contribution in [-0.4, -0.2) is 59.1 Å². The molecule has 0 aliphatic carbocycles. The Balaban J connectivity index is 1.74. The molecule has 1 aliphatic heterocycles. The summed E-state index contributed by atoms with van der Waals surface area (Å²) in [6.07, 6.45) is 0.281. The molecule has 96 valence electrons. The molecule has 2 rings (SSSR count). The maximum absolute atomic E-state index is 5.67. The average Bonchev–Trinajstić information content (AvgIpc) is 2.61. The van der Waals surface area contributed by atoms with Crippen molar-refractivity contribution in [1.29, 1.82) is 0 Å². The summed E-state index contributed by atoms with van der Waals surface area (Å²) in [7, 11) is 4.11. The van der Waals surface area contributed by atoms with Crippen LogP contribution in [-0.2, 0) is 18.3 Å². The molecule has 2 heterocycles. The Bertz CT molecular complexity index is 365. The van der Waals surface area contributed by atoms with E-state index < -0.39 is 0 Å². The van der Waals surface area contributed by atoms with Gasteiger partial charge in [-0.15, -0.1) is 10.2 Å². The minimum atomic E-state index is 0.281. The van der Waals surface area contributed by atoms with E-state index in [9.17, 15) is 0 Å². The topological polar surface area (TPSA) is 55.2 Å². The van der Waals surface area contributed by atoms with Gasteiger partial charge in [0.15, 0.2) is 0 Å². The quantitative estimate of drug-likeness (QED) is 0.771. The number of likely N-dealkylation sites (N-methyl/N-ethyl adjacent to an activating group) is 1. The first-order valence-corrected chi connectivity index (χ1v) is 6.02. The van der Waals surface area contributed by atoms with Crippen molar-refractivity contribution in [3.8, 4) is 0 Å². The van der Waals surface area contributed by atoms with Crippen molar-refractivity contribution in [2.45, 2.75) is 19.6 Å². The van der Waals surface area contributed by atoms with E-state index in [-0.39, 0.29) is 6.10 Å². The first-order valence-electron chi connectivity index (χ1n) is 6.02. The Labute approximate surface area is 102 Å². The predicted octanol–water partition coefficient (Wildman–Crippen LogP) is -0.456. The van der Waals surface area contributed by atoms with Gasteiger partial charge in [0.2, 0.25) is 0 Å². The zero-order valence-electron chi connectivity index (χ0n) is 10.8. The summed E-state index contributed by atoms with van der Waals surface area (Å²) in [6.45, 7) is 6.39. The zero-order valence-corrected chi connectivity index (χ0v) is 10.8. The monoisotopic (exact) mass is 239 g/mol. The standard InChI is InChI=1S/C11H21N5O/c1-9-13-14-11(16(9)3)7-12-6-10-8-15(2)4-5-17-10/h10,12H,4-8H2,1-3H3. The third-order valence-corrected chi connectivity index (χ3v) is 3.18. The van der Waals surface area contributed by atoms with Crippen LogP contribution >= 0.6 is 0 Å². The number of aromatic nitrogens is 3. The third kappa shape index (κ3) is 3.24. The minimum absolute atomic E-state index is 0.281. The Morgan fingerprint density at radius 1 is 1.41 bits per heavy atom. The second-order valence-corrected chi connectivity index (χ2v) is 4.61. The molecular weight excluding hydrogens is 218 g/mol. The number of morpholine rings is 1. The van der Waals surface area contributed by atoms with E-state index in [1.807, 2.05) is 18.5 Å². The van der Waals surface area contributed by atoms with Gasteiger partial charge >= 0.3 is 0 Å². The van der Waals surface area contributed by atoms with Gasteiger partial charge in [-0.05, 0) is 14.0 Å². The van der Waals surface area contributed by atoms with Crippen LogP contribution in [0.4, 0.5) is 0 Å². The molecule has 1 fully saturated rings. The van der Waals surface area contributed by atoms with Crippen molar-refractivity contribution >= 4 is 0 Å². The normalized spacial score (nSPS) is 21.9. The SMILES string of the molecule is Cc1nnc(CNCC2CN(C)CCO2)n1C. The lowest BCUT2D eigenvalue weighted by molar-refractivity contribution is -0.0183. The number of nitrogens with zero attached hydrogens (tertiary/aromatic N) is 4. The zero-order chi connectivity index (χ0) is 12.3. The van der Waals surface area contributed by atoms with Gasteiger partial charge in [0.25, 0.3) is 0 Å². The first-order chi connectivity index (χ1) is 8.16. The highest BCUT2D eigenvalue weighted by molar-refractivity contribution is 4.92. The number of rotatable bonds is 4. The highest BCUT2D eigenvalue weighted by Crippen LogP contribution is 2.02. The molecule has 1 unspecified atom stereocenters. The fraction of sp³-hybridized carbons (Fsp3) is 0.818. The highest BCUT2D eigenvalue weighted by atomic mass is 16.5. The van der Waals surface area contributed by atoms with Gasteiger partial charge in [-0.3, -0.25) is 0 Å².